The van der Waals surface area contributed by atoms with Crippen LogP contribution in [0.25, 0.3) is 0 Å². The zero-order chi connectivity index (χ0) is 11.2. The molecule has 0 saturated heterocycles. The largest absolute Gasteiger partial charge is 0.396 e. The number of hydrogen-bond acceptors (Lipinski definition) is 2. The smallest absolute Gasteiger partial charge is 0.0431 e. The molecule has 0 heterocycles. The van der Waals surface area contributed by atoms with Gasteiger partial charge in [0.25, 0.3) is 0 Å². The number of allylic oxidation sites excluding steroid dienone is 1. The molecule has 0 aromatic carbocycles. The Kier molecular flexibility index (Phi) is 13.4. The minimum absolute atomic E-state index is 0.324. The zero-order valence-corrected chi connectivity index (χ0v) is 10.0. The van der Waals surface area contributed by atoms with Gasteiger partial charge in [-0.05, 0) is 45.2 Å². The maximum atomic E-state index is 8.57. The first-order chi connectivity index (χ1) is 7.41. The molecule has 0 aromatic heterocycles. The van der Waals surface area contributed by atoms with Crippen molar-refractivity contribution in [1.29, 1.82) is 0 Å². The molecule has 0 rings (SSSR count). The molecule has 0 spiro atoms. The van der Waals surface area contributed by atoms with E-state index in [1.807, 2.05) is 6.08 Å². The fourth-order valence-corrected chi connectivity index (χ4v) is 1.56. The first kappa shape index (κ1) is 14.7. The summed E-state index contributed by atoms with van der Waals surface area (Å²) in [6.07, 6.45) is 11.8. The Morgan fingerprint density at radius 3 is 2.13 bits per heavy atom. The molecule has 0 radical (unpaired) electrons. The van der Waals surface area contributed by atoms with Crippen molar-refractivity contribution in [1.82, 2.24) is 5.32 Å². The third-order valence-electron chi connectivity index (χ3n) is 2.52. The quantitative estimate of drug-likeness (QED) is 0.386. The van der Waals surface area contributed by atoms with E-state index in [1.165, 1.54) is 38.5 Å². The lowest BCUT2D eigenvalue weighted by Crippen LogP contribution is -2.16. The van der Waals surface area contributed by atoms with Gasteiger partial charge >= 0.3 is 0 Å². The summed E-state index contributed by atoms with van der Waals surface area (Å²) in [7, 11) is 0. The molecule has 0 amide bonds. The molecule has 90 valence electrons. The van der Waals surface area contributed by atoms with Crippen molar-refractivity contribution in [3.8, 4) is 0 Å². The van der Waals surface area contributed by atoms with Crippen LogP contribution < -0.4 is 5.32 Å². The Morgan fingerprint density at radius 2 is 1.47 bits per heavy atom. The van der Waals surface area contributed by atoms with Crippen molar-refractivity contribution >= 4 is 0 Å². The molecule has 0 aliphatic carbocycles. The fourth-order valence-electron chi connectivity index (χ4n) is 1.56. The highest BCUT2D eigenvalue weighted by Crippen LogP contribution is 2.04. The van der Waals surface area contributed by atoms with Crippen LogP contribution in [0.4, 0.5) is 0 Å². The number of hydrogen-bond donors (Lipinski definition) is 2. The molecular formula is C13H27NO. The van der Waals surface area contributed by atoms with E-state index in [4.69, 9.17) is 5.11 Å². The second kappa shape index (κ2) is 13.7. The molecule has 0 aliphatic rings. The highest BCUT2D eigenvalue weighted by atomic mass is 16.2. The van der Waals surface area contributed by atoms with Crippen LogP contribution in [0.15, 0.2) is 12.7 Å². The second-order valence-electron chi connectivity index (χ2n) is 4.03. The molecule has 2 nitrogen and oxygen atoms in total. The van der Waals surface area contributed by atoms with Gasteiger partial charge in [-0.25, -0.2) is 0 Å². The molecule has 2 N–H and O–H groups in total. The number of nitrogens with one attached hydrogen (secondary N) is 1. The second-order valence-corrected chi connectivity index (χ2v) is 4.03. The van der Waals surface area contributed by atoms with Crippen molar-refractivity contribution in [2.75, 3.05) is 19.7 Å². The lowest BCUT2D eigenvalue weighted by atomic mass is 10.1. The van der Waals surface area contributed by atoms with E-state index in [-0.39, 0.29) is 0 Å². The van der Waals surface area contributed by atoms with Gasteiger partial charge < -0.3 is 10.4 Å². The molecule has 0 unspecified atom stereocenters. The maximum Gasteiger partial charge on any atom is 0.0431 e. The number of rotatable bonds is 12. The number of aliphatic hydroxyl groups is 1. The zero-order valence-electron chi connectivity index (χ0n) is 10.0. The van der Waals surface area contributed by atoms with Gasteiger partial charge in [-0.1, -0.05) is 25.3 Å². The van der Waals surface area contributed by atoms with E-state index < -0.39 is 0 Å². The Hall–Kier alpha value is -0.340. The van der Waals surface area contributed by atoms with E-state index in [2.05, 4.69) is 11.9 Å². The van der Waals surface area contributed by atoms with E-state index in [1.54, 1.807) is 0 Å². The molecular weight excluding hydrogens is 186 g/mol. The van der Waals surface area contributed by atoms with Crippen LogP contribution in [-0.2, 0) is 0 Å². The topological polar surface area (TPSA) is 32.3 Å². The molecule has 0 aliphatic heterocycles. The van der Waals surface area contributed by atoms with Crippen molar-refractivity contribution < 1.29 is 5.11 Å². The van der Waals surface area contributed by atoms with E-state index in [0.717, 1.165) is 25.9 Å². The molecule has 0 aromatic rings. The summed E-state index contributed by atoms with van der Waals surface area (Å²) in [4.78, 5) is 0. The third-order valence-corrected chi connectivity index (χ3v) is 2.52. The molecule has 0 saturated carbocycles. The van der Waals surface area contributed by atoms with Gasteiger partial charge in [-0.2, -0.15) is 0 Å². The molecule has 0 fully saturated rings. The van der Waals surface area contributed by atoms with E-state index in [9.17, 15) is 0 Å². The van der Waals surface area contributed by atoms with Gasteiger partial charge in [-0.15, -0.1) is 6.58 Å². The van der Waals surface area contributed by atoms with Gasteiger partial charge in [0.1, 0.15) is 0 Å². The van der Waals surface area contributed by atoms with Gasteiger partial charge in [-0.3, -0.25) is 0 Å². The van der Waals surface area contributed by atoms with Crippen LogP contribution in [0.5, 0.6) is 0 Å². The highest BCUT2D eigenvalue weighted by molar-refractivity contribution is 4.65. The van der Waals surface area contributed by atoms with Gasteiger partial charge in [0.05, 0.1) is 0 Å². The number of aliphatic hydroxyl groups excluding tert-OH is 1. The van der Waals surface area contributed by atoms with Crippen molar-refractivity contribution in [3.05, 3.63) is 12.7 Å². The average molecular weight is 213 g/mol. The standard InChI is InChI=1S/C13H27NO/c1-2-3-4-5-6-7-8-11-14-12-9-10-13-15/h2,14-15H,1,3-13H2. The Bertz CT molecular complexity index is 126. The molecule has 15 heavy (non-hydrogen) atoms. The first-order valence-electron chi connectivity index (χ1n) is 6.34. The lowest BCUT2D eigenvalue weighted by Gasteiger charge is -2.03. The maximum absolute atomic E-state index is 8.57. The number of unbranched alkanes of at least 4 members (excludes halogenated alkanes) is 6. The Balaban J connectivity index is 2.83. The van der Waals surface area contributed by atoms with E-state index >= 15 is 0 Å². The van der Waals surface area contributed by atoms with Gasteiger partial charge in [0, 0.05) is 6.61 Å². The van der Waals surface area contributed by atoms with Gasteiger partial charge in [0.15, 0.2) is 0 Å². The summed E-state index contributed by atoms with van der Waals surface area (Å²) in [6.45, 7) is 6.22. The Labute approximate surface area is 94.8 Å². The summed E-state index contributed by atoms with van der Waals surface area (Å²) in [6, 6.07) is 0. The Morgan fingerprint density at radius 1 is 0.867 bits per heavy atom. The molecule has 0 atom stereocenters. The summed E-state index contributed by atoms with van der Waals surface area (Å²) in [5, 5.41) is 12.0. The highest BCUT2D eigenvalue weighted by Gasteiger charge is 1.90. The van der Waals surface area contributed by atoms with E-state index in [0.29, 0.717) is 6.61 Å². The fraction of sp³-hybridized carbons (Fsp3) is 0.846. The summed E-state index contributed by atoms with van der Waals surface area (Å²) in [5.74, 6) is 0. The minimum Gasteiger partial charge on any atom is -0.396 e. The monoisotopic (exact) mass is 213 g/mol. The van der Waals surface area contributed by atoms with Crippen molar-refractivity contribution in [2.45, 2.75) is 51.4 Å². The third kappa shape index (κ3) is 13.7. The molecule has 2 heteroatoms. The van der Waals surface area contributed by atoms with Crippen LogP contribution >= 0.6 is 0 Å². The summed E-state index contributed by atoms with van der Waals surface area (Å²) >= 11 is 0. The van der Waals surface area contributed by atoms with Crippen molar-refractivity contribution in [2.24, 2.45) is 0 Å². The normalized spacial score (nSPS) is 10.5. The van der Waals surface area contributed by atoms with Crippen LogP contribution in [0.3, 0.4) is 0 Å². The summed E-state index contributed by atoms with van der Waals surface area (Å²) in [5.41, 5.74) is 0. The van der Waals surface area contributed by atoms with Crippen LogP contribution in [0.2, 0.25) is 0 Å². The average Bonchev–Trinajstić information content (AvgIpc) is 2.26. The predicted molar refractivity (Wildman–Crippen MR) is 67.1 cm³/mol. The van der Waals surface area contributed by atoms with Crippen LogP contribution in [-0.4, -0.2) is 24.8 Å². The lowest BCUT2D eigenvalue weighted by molar-refractivity contribution is 0.283. The summed E-state index contributed by atoms with van der Waals surface area (Å²) < 4.78 is 0. The van der Waals surface area contributed by atoms with Crippen LogP contribution in [0.1, 0.15) is 51.4 Å². The SMILES string of the molecule is C=CCCCCCCCNCCCCO. The minimum atomic E-state index is 0.324. The predicted octanol–water partition coefficient (Wildman–Crippen LogP) is 2.88. The van der Waals surface area contributed by atoms with Crippen LogP contribution in [0, 0.1) is 0 Å². The van der Waals surface area contributed by atoms with Crippen molar-refractivity contribution in [3.63, 3.8) is 0 Å². The van der Waals surface area contributed by atoms with Gasteiger partial charge in [0.2, 0.25) is 0 Å². The first-order valence-corrected chi connectivity index (χ1v) is 6.34. The molecule has 0 bridgehead atoms.